The quantitative estimate of drug-likeness (QED) is 0.933. The maximum Gasteiger partial charge on any atom is 0.231 e. The van der Waals surface area contributed by atoms with Crippen molar-refractivity contribution in [1.82, 2.24) is 0 Å². The minimum atomic E-state index is -0.0259. The molecule has 0 fully saturated rings. The zero-order chi connectivity index (χ0) is 13.3. The van der Waals surface area contributed by atoms with Crippen LogP contribution < -0.4 is 15.2 Å². The molecule has 0 saturated carbocycles. The summed E-state index contributed by atoms with van der Waals surface area (Å²) in [6.45, 7) is 3.16. The summed E-state index contributed by atoms with van der Waals surface area (Å²) >= 11 is 1.76. The van der Waals surface area contributed by atoms with E-state index in [0.717, 1.165) is 17.9 Å². The first-order chi connectivity index (χ1) is 9.21. The molecule has 19 heavy (non-hydrogen) atoms. The molecule has 4 heteroatoms. The molecule has 2 N–H and O–H groups in total. The van der Waals surface area contributed by atoms with Crippen molar-refractivity contribution >= 4 is 11.3 Å². The first kappa shape index (κ1) is 12.5. The Hall–Kier alpha value is -1.52. The Bertz CT molecular complexity index is 568. The zero-order valence-corrected chi connectivity index (χ0v) is 11.7. The third kappa shape index (κ3) is 2.33. The zero-order valence-electron chi connectivity index (χ0n) is 10.9. The summed E-state index contributed by atoms with van der Waals surface area (Å²) in [5, 5.41) is 2.10. The van der Waals surface area contributed by atoms with Crippen molar-refractivity contribution in [1.29, 1.82) is 0 Å². The van der Waals surface area contributed by atoms with Gasteiger partial charge in [0.1, 0.15) is 0 Å². The number of fused-ring (bicyclic) bond motifs is 1. The highest BCUT2D eigenvalue weighted by Gasteiger charge is 2.27. The lowest BCUT2D eigenvalue weighted by Crippen LogP contribution is -2.33. The summed E-state index contributed by atoms with van der Waals surface area (Å²) in [6.07, 6.45) is 0.903. The normalized spacial score (nSPS) is 16.3. The van der Waals surface area contributed by atoms with E-state index in [1.165, 1.54) is 10.4 Å². The maximum absolute atomic E-state index is 6.01. The molecule has 0 amide bonds. The minimum absolute atomic E-state index is 0.0259. The molecule has 1 atom stereocenters. The van der Waals surface area contributed by atoms with Crippen molar-refractivity contribution in [3.63, 3.8) is 0 Å². The second-order valence-corrected chi connectivity index (χ2v) is 6.05. The first-order valence-electron chi connectivity index (χ1n) is 6.34. The van der Waals surface area contributed by atoms with E-state index in [0.29, 0.717) is 13.3 Å². The van der Waals surface area contributed by atoms with Crippen molar-refractivity contribution in [2.24, 2.45) is 5.73 Å². The molecular formula is C15H17NO2S. The third-order valence-electron chi connectivity index (χ3n) is 3.60. The predicted molar refractivity (Wildman–Crippen MR) is 77.0 cm³/mol. The average molecular weight is 275 g/mol. The van der Waals surface area contributed by atoms with E-state index < -0.39 is 0 Å². The molecule has 0 aliphatic carbocycles. The van der Waals surface area contributed by atoms with Gasteiger partial charge in [-0.15, -0.1) is 11.3 Å². The molecule has 1 aliphatic rings. The van der Waals surface area contributed by atoms with Crippen LogP contribution in [0, 0.1) is 0 Å². The third-order valence-corrected chi connectivity index (χ3v) is 4.77. The van der Waals surface area contributed by atoms with Crippen LogP contribution in [-0.2, 0) is 11.8 Å². The highest BCUT2D eigenvalue weighted by Crippen LogP contribution is 2.36. The number of benzene rings is 1. The van der Waals surface area contributed by atoms with Crippen LogP contribution in [0.15, 0.2) is 35.7 Å². The summed E-state index contributed by atoms with van der Waals surface area (Å²) in [5.41, 5.74) is 7.21. The standard InChI is InChI=1S/C15H17NO2S/c1-15(9-16,14-3-2-6-19-14)8-11-4-5-12-13(7-11)18-10-17-12/h2-7H,8-10,16H2,1H3. The lowest BCUT2D eigenvalue weighted by molar-refractivity contribution is 0.174. The summed E-state index contributed by atoms with van der Waals surface area (Å²) in [7, 11) is 0. The van der Waals surface area contributed by atoms with Crippen molar-refractivity contribution < 1.29 is 9.47 Å². The van der Waals surface area contributed by atoms with E-state index in [1.54, 1.807) is 11.3 Å². The summed E-state index contributed by atoms with van der Waals surface area (Å²) in [5.74, 6) is 1.66. The number of rotatable bonds is 4. The van der Waals surface area contributed by atoms with Gasteiger partial charge in [0.25, 0.3) is 0 Å². The van der Waals surface area contributed by atoms with Crippen LogP contribution in [0.25, 0.3) is 0 Å². The molecule has 1 aliphatic heterocycles. The molecule has 0 spiro atoms. The number of hydrogen-bond acceptors (Lipinski definition) is 4. The smallest absolute Gasteiger partial charge is 0.231 e. The van der Waals surface area contributed by atoms with Crippen LogP contribution in [0.5, 0.6) is 11.5 Å². The monoisotopic (exact) mass is 275 g/mol. The first-order valence-corrected chi connectivity index (χ1v) is 7.22. The van der Waals surface area contributed by atoms with Crippen LogP contribution in [0.4, 0.5) is 0 Å². The molecule has 1 unspecified atom stereocenters. The molecule has 1 aromatic carbocycles. The number of thiophene rings is 1. The maximum atomic E-state index is 6.01. The topological polar surface area (TPSA) is 44.5 Å². The fraction of sp³-hybridized carbons (Fsp3) is 0.333. The SMILES string of the molecule is CC(CN)(Cc1ccc2c(c1)OCO2)c1cccs1. The van der Waals surface area contributed by atoms with Crippen molar-refractivity contribution in [2.75, 3.05) is 13.3 Å². The van der Waals surface area contributed by atoms with Gasteiger partial charge in [-0.25, -0.2) is 0 Å². The molecule has 0 saturated heterocycles. The van der Waals surface area contributed by atoms with Gasteiger partial charge in [0.05, 0.1) is 0 Å². The predicted octanol–water partition coefficient (Wildman–Crippen LogP) is 2.94. The van der Waals surface area contributed by atoms with Gasteiger partial charge in [0.2, 0.25) is 6.79 Å². The Morgan fingerprint density at radius 3 is 2.84 bits per heavy atom. The van der Waals surface area contributed by atoms with E-state index in [4.69, 9.17) is 15.2 Å². The summed E-state index contributed by atoms with van der Waals surface area (Å²) < 4.78 is 10.8. The summed E-state index contributed by atoms with van der Waals surface area (Å²) in [6, 6.07) is 10.4. The van der Waals surface area contributed by atoms with Gasteiger partial charge in [0.15, 0.2) is 11.5 Å². The highest BCUT2D eigenvalue weighted by molar-refractivity contribution is 7.10. The molecule has 2 aromatic rings. The van der Waals surface area contributed by atoms with Crippen LogP contribution in [0.2, 0.25) is 0 Å². The van der Waals surface area contributed by atoms with Gasteiger partial charge >= 0.3 is 0 Å². The molecule has 100 valence electrons. The Balaban J connectivity index is 1.87. The molecule has 3 rings (SSSR count). The Morgan fingerprint density at radius 2 is 2.11 bits per heavy atom. The van der Waals surface area contributed by atoms with Gasteiger partial charge in [0, 0.05) is 16.8 Å². The number of ether oxygens (including phenoxy) is 2. The van der Waals surface area contributed by atoms with Crippen LogP contribution in [0.3, 0.4) is 0 Å². The van der Waals surface area contributed by atoms with Gasteiger partial charge < -0.3 is 15.2 Å². The molecule has 2 heterocycles. The van der Waals surface area contributed by atoms with Gasteiger partial charge in [-0.05, 0) is 35.6 Å². The molecule has 1 aromatic heterocycles. The largest absolute Gasteiger partial charge is 0.454 e. The van der Waals surface area contributed by atoms with Crippen LogP contribution in [0.1, 0.15) is 17.4 Å². The second-order valence-electron chi connectivity index (χ2n) is 5.11. The van der Waals surface area contributed by atoms with Gasteiger partial charge in [-0.2, -0.15) is 0 Å². The van der Waals surface area contributed by atoms with E-state index in [2.05, 4.69) is 36.6 Å². The van der Waals surface area contributed by atoms with E-state index >= 15 is 0 Å². The van der Waals surface area contributed by atoms with Gasteiger partial charge in [-0.3, -0.25) is 0 Å². The van der Waals surface area contributed by atoms with Crippen LogP contribution in [-0.4, -0.2) is 13.3 Å². The lowest BCUT2D eigenvalue weighted by atomic mass is 9.82. The number of nitrogens with two attached hydrogens (primary N) is 1. The Morgan fingerprint density at radius 1 is 1.26 bits per heavy atom. The summed E-state index contributed by atoms with van der Waals surface area (Å²) in [4.78, 5) is 1.33. The lowest BCUT2D eigenvalue weighted by Gasteiger charge is -2.27. The molecule has 0 radical (unpaired) electrons. The fourth-order valence-corrected chi connectivity index (χ4v) is 3.28. The average Bonchev–Trinajstić information content (AvgIpc) is 3.09. The fourth-order valence-electron chi connectivity index (χ4n) is 2.38. The van der Waals surface area contributed by atoms with E-state index in [-0.39, 0.29) is 5.41 Å². The molecule has 3 nitrogen and oxygen atoms in total. The molecular weight excluding hydrogens is 258 g/mol. The number of hydrogen-bond donors (Lipinski definition) is 1. The minimum Gasteiger partial charge on any atom is -0.454 e. The van der Waals surface area contributed by atoms with Crippen molar-refractivity contribution in [3.05, 3.63) is 46.2 Å². The van der Waals surface area contributed by atoms with Crippen molar-refractivity contribution in [3.8, 4) is 11.5 Å². The Labute approximate surface area is 117 Å². The van der Waals surface area contributed by atoms with E-state index in [9.17, 15) is 0 Å². The van der Waals surface area contributed by atoms with E-state index in [1.807, 2.05) is 6.07 Å². The van der Waals surface area contributed by atoms with Crippen molar-refractivity contribution in [2.45, 2.75) is 18.8 Å². The molecule has 0 bridgehead atoms. The highest BCUT2D eigenvalue weighted by atomic mass is 32.1. The van der Waals surface area contributed by atoms with Gasteiger partial charge in [-0.1, -0.05) is 19.1 Å². The Kier molecular flexibility index (Phi) is 3.21. The van der Waals surface area contributed by atoms with Crippen LogP contribution >= 0.6 is 11.3 Å². The second kappa shape index (κ2) is 4.87.